The van der Waals surface area contributed by atoms with Gasteiger partial charge in [-0.15, -0.1) is 0 Å². The van der Waals surface area contributed by atoms with Gasteiger partial charge in [0.2, 0.25) is 0 Å². The van der Waals surface area contributed by atoms with Crippen LogP contribution in [0.2, 0.25) is 0 Å². The van der Waals surface area contributed by atoms with Gasteiger partial charge in [0, 0.05) is 24.7 Å². The Hall–Kier alpha value is -1.04. The van der Waals surface area contributed by atoms with Crippen LogP contribution in [-0.4, -0.2) is 24.9 Å². The topological polar surface area (TPSA) is 55.5 Å². The van der Waals surface area contributed by atoms with Crippen LogP contribution in [0.4, 0.5) is 8.78 Å². The van der Waals surface area contributed by atoms with Gasteiger partial charge < -0.3 is 15.6 Å². The Kier molecular flexibility index (Phi) is 3.42. The van der Waals surface area contributed by atoms with Gasteiger partial charge in [0.1, 0.15) is 11.6 Å². The van der Waals surface area contributed by atoms with E-state index in [1.807, 2.05) is 0 Å². The molecule has 1 aliphatic rings. The number of rotatable bonds is 2. The largest absolute Gasteiger partial charge is 0.396 e. The molecule has 1 heterocycles. The molecule has 0 aliphatic carbocycles. The third-order valence-electron chi connectivity index (χ3n) is 3.33. The second-order valence-corrected chi connectivity index (χ2v) is 4.39. The van der Waals surface area contributed by atoms with Crippen molar-refractivity contribution in [2.24, 2.45) is 11.7 Å². The minimum atomic E-state index is -1.17. The highest BCUT2D eigenvalue weighted by Crippen LogP contribution is 2.34. The summed E-state index contributed by atoms with van der Waals surface area (Å²) in [5.41, 5.74) is 5.01. The molecule has 5 heteroatoms. The molecule has 0 amide bonds. The van der Waals surface area contributed by atoms with E-state index in [0.29, 0.717) is 13.0 Å². The predicted molar refractivity (Wildman–Crippen MR) is 58.2 cm³/mol. The first-order valence-corrected chi connectivity index (χ1v) is 5.51. The number of hydrogen-bond acceptors (Lipinski definition) is 3. The lowest BCUT2D eigenvalue weighted by atomic mass is 9.76. The molecule has 1 aliphatic heterocycles. The molecule has 17 heavy (non-hydrogen) atoms. The zero-order valence-electron chi connectivity index (χ0n) is 9.33. The van der Waals surface area contributed by atoms with Crippen molar-refractivity contribution in [3.05, 3.63) is 35.4 Å². The zero-order valence-corrected chi connectivity index (χ0v) is 9.33. The summed E-state index contributed by atoms with van der Waals surface area (Å²) in [6.07, 6.45) is 0.531. The molecule has 1 saturated heterocycles. The molecule has 2 unspecified atom stereocenters. The van der Waals surface area contributed by atoms with Crippen molar-refractivity contribution in [3.8, 4) is 0 Å². The quantitative estimate of drug-likeness (QED) is 0.819. The van der Waals surface area contributed by atoms with Gasteiger partial charge in [-0.25, -0.2) is 8.78 Å². The van der Waals surface area contributed by atoms with Crippen LogP contribution in [0.25, 0.3) is 0 Å². The van der Waals surface area contributed by atoms with Crippen molar-refractivity contribution in [2.45, 2.75) is 12.0 Å². The lowest BCUT2D eigenvalue weighted by molar-refractivity contribution is -0.0244. The maximum atomic E-state index is 13.7. The number of ether oxygens (including phenoxy) is 1. The SMILES string of the molecule is NC1(c2cc(F)ccc2F)COCCC1CO. The lowest BCUT2D eigenvalue weighted by Crippen LogP contribution is -2.53. The Bertz CT molecular complexity index is 413. The first-order valence-electron chi connectivity index (χ1n) is 5.51. The highest BCUT2D eigenvalue weighted by molar-refractivity contribution is 5.28. The summed E-state index contributed by atoms with van der Waals surface area (Å²) in [6, 6.07) is 3.16. The van der Waals surface area contributed by atoms with Crippen LogP contribution in [0, 0.1) is 17.6 Å². The molecule has 0 radical (unpaired) electrons. The van der Waals surface area contributed by atoms with E-state index >= 15 is 0 Å². The second-order valence-electron chi connectivity index (χ2n) is 4.39. The van der Waals surface area contributed by atoms with Gasteiger partial charge in [-0.1, -0.05) is 0 Å². The predicted octanol–water partition coefficient (Wildman–Crippen LogP) is 1.15. The number of halogens is 2. The summed E-state index contributed by atoms with van der Waals surface area (Å²) in [4.78, 5) is 0. The van der Waals surface area contributed by atoms with Crippen LogP contribution < -0.4 is 5.73 Å². The Morgan fingerprint density at radius 3 is 2.94 bits per heavy atom. The maximum Gasteiger partial charge on any atom is 0.128 e. The second kappa shape index (κ2) is 4.68. The van der Waals surface area contributed by atoms with E-state index in [2.05, 4.69) is 0 Å². The van der Waals surface area contributed by atoms with E-state index in [-0.39, 0.29) is 24.7 Å². The normalized spacial score (nSPS) is 29.3. The number of hydrogen-bond donors (Lipinski definition) is 2. The van der Waals surface area contributed by atoms with Gasteiger partial charge >= 0.3 is 0 Å². The summed E-state index contributed by atoms with van der Waals surface area (Å²) >= 11 is 0. The Labute approximate surface area is 98.2 Å². The van der Waals surface area contributed by atoms with Crippen molar-refractivity contribution < 1.29 is 18.6 Å². The molecule has 0 aromatic heterocycles. The zero-order chi connectivity index (χ0) is 12.5. The van der Waals surface area contributed by atoms with E-state index in [1.165, 1.54) is 0 Å². The fourth-order valence-electron chi connectivity index (χ4n) is 2.25. The van der Waals surface area contributed by atoms with Gasteiger partial charge in [0.15, 0.2) is 0 Å². The van der Waals surface area contributed by atoms with Crippen molar-refractivity contribution in [1.29, 1.82) is 0 Å². The number of benzene rings is 1. The summed E-state index contributed by atoms with van der Waals surface area (Å²) in [5, 5.41) is 9.30. The molecule has 94 valence electrons. The fraction of sp³-hybridized carbons (Fsp3) is 0.500. The van der Waals surface area contributed by atoms with E-state index < -0.39 is 17.2 Å². The average Bonchev–Trinajstić information content (AvgIpc) is 2.33. The Balaban J connectivity index is 2.44. The van der Waals surface area contributed by atoms with Crippen molar-refractivity contribution in [1.82, 2.24) is 0 Å². The van der Waals surface area contributed by atoms with Crippen LogP contribution in [-0.2, 0) is 10.3 Å². The number of nitrogens with two attached hydrogens (primary N) is 1. The summed E-state index contributed by atoms with van der Waals surface area (Å²) in [5.74, 6) is -1.45. The highest BCUT2D eigenvalue weighted by atomic mass is 19.1. The third kappa shape index (κ3) is 2.18. The number of aliphatic hydroxyl groups is 1. The molecule has 1 aromatic rings. The molecule has 2 atom stereocenters. The molecule has 0 spiro atoms. The van der Waals surface area contributed by atoms with E-state index in [4.69, 9.17) is 10.5 Å². The monoisotopic (exact) mass is 243 g/mol. The van der Waals surface area contributed by atoms with Crippen molar-refractivity contribution in [2.75, 3.05) is 19.8 Å². The van der Waals surface area contributed by atoms with Crippen molar-refractivity contribution in [3.63, 3.8) is 0 Å². The van der Waals surface area contributed by atoms with E-state index in [1.54, 1.807) is 0 Å². The molecule has 3 nitrogen and oxygen atoms in total. The van der Waals surface area contributed by atoms with E-state index in [9.17, 15) is 13.9 Å². The molecular weight excluding hydrogens is 228 g/mol. The number of aliphatic hydroxyl groups excluding tert-OH is 1. The Morgan fingerprint density at radius 1 is 1.47 bits per heavy atom. The molecule has 0 bridgehead atoms. The van der Waals surface area contributed by atoms with Gasteiger partial charge in [0.25, 0.3) is 0 Å². The summed E-state index contributed by atoms with van der Waals surface area (Å²) < 4.78 is 32.1. The first-order chi connectivity index (χ1) is 8.08. The molecule has 0 saturated carbocycles. The van der Waals surface area contributed by atoms with E-state index in [0.717, 1.165) is 18.2 Å². The average molecular weight is 243 g/mol. The van der Waals surface area contributed by atoms with Crippen LogP contribution in [0.3, 0.4) is 0 Å². The molecule has 1 fully saturated rings. The van der Waals surface area contributed by atoms with Crippen LogP contribution >= 0.6 is 0 Å². The minimum absolute atomic E-state index is 0.0660. The molecule has 3 N–H and O–H groups in total. The summed E-state index contributed by atoms with van der Waals surface area (Å²) in [6.45, 7) is 0.384. The fourth-order valence-corrected chi connectivity index (χ4v) is 2.25. The summed E-state index contributed by atoms with van der Waals surface area (Å²) in [7, 11) is 0. The van der Waals surface area contributed by atoms with Crippen LogP contribution in [0.1, 0.15) is 12.0 Å². The third-order valence-corrected chi connectivity index (χ3v) is 3.33. The van der Waals surface area contributed by atoms with Gasteiger partial charge in [-0.3, -0.25) is 0 Å². The van der Waals surface area contributed by atoms with Gasteiger partial charge in [-0.05, 0) is 24.6 Å². The standard InChI is InChI=1S/C12H15F2NO2/c13-9-1-2-11(14)10(5-9)12(15)7-17-4-3-8(12)6-16/h1-2,5,8,16H,3-4,6-7,15H2. The van der Waals surface area contributed by atoms with Crippen LogP contribution in [0.15, 0.2) is 18.2 Å². The minimum Gasteiger partial charge on any atom is -0.396 e. The smallest absolute Gasteiger partial charge is 0.128 e. The lowest BCUT2D eigenvalue weighted by Gasteiger charge is -2.40. The molecular formula is C12H15F2NO2. The van der Waals surface area contributed by atoms with Gasteiger partial charge in [0.05, 0.1) is 12.1 Å². The molecule has 2 rings (SSSR count). The van der Waals surface area contributed by atoms with Crippen molar-refractivity contribution >= 4 is 0 Å². The maximum absolute atomic E-state index is 13.7. The van der Waals surface area contributed by atoms with Crippen LogP contribution in [0.5, 0.6) is 0 Å². The Morgan fingerprint density at radius 2 is 2.24 bits per heavy atom. The first kappa shape index (κ1) is 12.4. The molecule has 1 aromatic carbocycles. The van der Waals surface area contributed by atoms with Gasteiger partial charge in [-0.2, -0.15) is 0 Å². The highest BCUT2D eigenvalue weighted by Gasteiger charge is 2.41.